The number of carbonyl (C=O) groups excluding carboxylic acids is 2. The Labute approximate surface area is 185 Å². The van der Waals surface area contributed by atoms with Crippen LogP contribution in [0.25, 0.3) is 5.69 Å². The van der Waals surface area contributed by atoms with E-state index in [0.717, 1.165) is 22.5 Å². The van der Waals surface area contributed by atoms with E-state index >= 15 is 0 Å². The SMILES string of the molecule is Cc1ccc(-n2nc(C)c(CC(=O)N(C)C(C(N)=O)c3cccc(F)c3)c2C)cc1Cl. The highest BCUT2D eigenvalue weighted by Gasteiger charge is 2.28. The van der Waals surface area contributed by atoms with E-state index in [4.69, 9.17) is 17.3 Å². The van der Waals surface area contributed by atoms with Crippen LogP contribution in [0.1, 0.15) is 34.1 Å². The second-order valence-corrected chi connectivity index (χ2v) is 7.94. The molecular weight excluding hydrogens is 419 g/mol. The molecule has 0 fully saturated rings. The lowest BCUT2D eigenvalue weighted by molar-refractivity contribution is -0.137. The first kappa shape index (κ1) is 22.5. The number of aromatic nitrogens is 2. The Morgan fingerprint density at radius 3 is 2.52 bits per heavy atom. The van der Waals surface area contributed by atoms with Crippen molar-refractivity contribution in [3.05, 3.63) is 81.4 Å². The molecule has 6 nitrogen and oxygen atoms in total. The first-order valence-corrected chi connectivity index (χ1v) is 10.1. The average molecular weight is 443 g/mol. The topological polar surface area (TPSA) is 81.2 Å². The smallest absolute Gasteiger partial charge is 0.244 e. The van der Waals surface area contributed by atoms with Crippen molar-refractivity contribution in [2.75, 3.05) is 7.05 Å². The number of nitrogens with zero attached hydrogens (tertiary/aromatic N) is 3. The van der Waals surface area contributed by atoms with Crippen molar-refractivity contribution in [3.8, 4) is 5.69 Å². The van der Waals surface area contributed by atoms with Crippen LogP contribution in [-0.4, -0.2) is 33.5 Å². The van der Waals surface area contributed by atoms with Crippen molar-refractivity contribution >= 4 is 23.4 Å². The first-order valence-electron chi connectivity index (χ1n) is 9.72. The zero-order valence-electron chi connectivity index (χ0n) is 17.8. The molecule has 0 aliphatic heterocycles. The van der Waals surface area contributed by atoms with Gasteiger partial charge in [0.1, 0.15) is 11.9 Å². The molecule has 0 radical (unpaired) electrons. The molecule has 1 heterocycles. The van der Waals surface area contributed by atoms with Crippen LogP contribution >= 0.6 is 11.6 Å². The molecule has 3 aromatic rings. The molecule has 1 unspecified atom stereocenters. The number of rotatable bonds is 6. The highest BCUT2D eigenvalue weighted by atomic mass is 35.5. The number of carbonyl (C=O) groups is 2. The van der Waals surface area contributed by atoms with E-state index in [0.29, 0.717) is 16.3 Å². The summed E-state index contributed by atoms with van der Waals surface area (Å²) in [7, 11) is 1.48. The van der Waals surface area contributed by atoms with E-state index in [9.17, 15) is 14.0 Å². The van der Waals surface area contributed by atoms with Crippen LogP contribution in [0.4, 0.5) is 4.39 Å². The average Bonchev–Trinajstić information content (AvgIpc) is 2.98. The second kappa shape index (κ2) is 8.89. The molecule has 1 aromatic heterocycles. The van der Waals surface area contributed by atoms with Gasteiger partial charge < -0.3 is 10.6 Å². The van der Waals surface area contributed by atoms with E-state index in [1.807, 2.05) is 39.0 Å². The standard InChI is InChI=1S/C23H24ClFN4O2/c1-13-8-9-18(11-20(13)24)29-15(3)19(14(2)27-29)12-21(30)28(4)22(23(26)31)16-6-5-7-17(25)10-16/h5-11,22H,12H2,1-4H3,(H2,26,31). The van der Waals surface area contributed by atoms with Crippen molar-refractivity contribution in [2.45, 2.75) is 33.2 Å². The van der Waals surface area contributed by atoms with Gasteiger partial charge in [0.2, 0.25) is 11.8 Å². The molecule has 0 aliphatic carbocycles. The fourth-order valence-corrected chi connectivity index (χ4v) is 3.75. The number of likely N-dealkylation sites (N-methyl/N-ethyl adjacent to an activating group) is 1. The summed E-state index contributed by atoms with van der Waals surface area (Å²) >= 11 is 6.25. The Bertz CT molecular complexity index is 1160. The summed E-state index contributed by atoms with van der Waals surface area (Å²) in [6, 6.07) is 10.1. The minimum absolute atomic E-state index is 0.0207. The van der Waals surface area contributed by atoms with Crippen LogP contribution in [0.15, 0.2) is 42.5 Å². The fourth-order valence-electron chi connectivity index (χ4n) is 3.57. The van der Waals surface area contributed by atoms with Crippen molar-refractivity contribution < 1.29 is 14.0 Å². The van der Waals surface area contributed by atoms with Gasteiger partial charge in [0.05, 0.1) is 17.8 Å². The third kappa shape index (κ3) is 4.61. The zero-order chi connectivity index (χ0) is 22.9. The number of aryl methyl sites for hydroxylation is 2. The molecule has 2 amide bonds. The normalized spacial score (nSPS) is 11.9. The zero-order valence-corrected chi connectivity index (χ0v) is 18.6. The summed E-state index contributed by atoms with van der Waals surface area (Å²) in [6.45, 7) is 5.61. The summed E-state index contributed by atoms with van der Waals surface area (Å²) in [5, 5.41) is 5.19. The lowest BCUT2D eigenvalue weighted by atomic mass is 10.0. The summed E-state index contributed by atoms with van der Waals surface area (Å²) in [4.78, 5) is 26.3. The van der Waals surface area contributed by atoms with Crippen molar-refractivity contribution in [2.24, 2.45) is 5.73 Å². The Balaban J connectivity index is 1.89. The van der Waals surface area contributed by atoms with Crippen molar-refractivity contribution in [1.29, 1.82) is 0 Å². The maximum Gasteiger partial charge on any atom is 0.244 e. The first-order chi connectivity index (χ1) is 14.6. The second-order valence-electron chi connectivity index (χ2n) is 7.54. The Hall–Kier alpha value is -3.19. The molecule has 0 spiro atoms. The molecule has 2 N–H and O–H groups in total. The maximum atomic E-state index is 13.6. The third-order valence-electron chi connectivity index (χ3n) is 5.38. The van der Waals surface area contributed by atoms with Gasteiger partial charge in [-0.1, -0.05) is 29.8 Å². The van der Waals surface area contributed by atoms with Crippen LogP contribution in [0, 0.1) is 26.6 Å². The number of hydrogen-bond acceptors (Lipinski definition) is 3. The molecule has 3 rings (SSSR count). The van der Waals surface area contributed by atoms with Crippen LogP contribution in [-0.2, 0) is 16.0 Å². The molecule has 1 atom stereocenters. The van der Waals surface area contributed by atoms with E-state index < -0.39 is 17.8 Å². The quantitative estimate of drug-likeness (QED) is 0.630. The predicted octanol–water partition coefficient (Wildman–Crippen LogP) is 3.82. The molecule has 8 heteroatoms. The number of hydrogen-bond donors (Lipinski definition) is 1. The van der Waals surface area contributed by atoms with Gasteiger partial charge in [-0.15, -0.1) is 0 Å². The van der Waals surface area contributed by atoms with Crippen LogP contribution in [0.3, 0.4) is 0 Å². The van der Waals surface area contributed by atoms with Gasteiger partial charge >= 0.3 is 0 Å². The summed E-state index contributed by atoms with van der Waals surface area (Å²) in [5.74, 6) is -1.57. The highest BCUT2D eigenvalue weighted by molar-refractivity contribution is 6.31. The molecule has 162 valence electrons. The van der Waals surface area contributed by atoms with Crippen molar-refractivity contribution in [1.82, 2.24) is 14.7 Å². The fraction of sp³-hybridized carbons (Fsp3) is 0.261. The monoisotopic (exact) mass is 442 g/mol. The Morgan fingerprint density at radius 2 is 1.90 bits per heavy atom. The number of benzene rings is 2. The third-order valence-corrected chi connectivity index (χ3v) is 5.79. The van der Waals surface area contributed by atoms with Gasteiger partial charge in [-0.05, 0) is 56.2 Å². The molecular formula is C23H24ClFN4O2. The number of halogens is 2. The number of primary amides is 1. The molecule has 0 saturated carbocycles. The minimum Gasteiger partial charge on any atom is -0.368 e. The van der Waals surface area contributed by atoms with E-state index in [1.165, 1.54) is 30.1 Å². The molecule has 0 bridgehead atoms. The maximum absolute atomic E-state index is 13.6. The molecule has 0 aliphatic rings. The molecule has 2 aromatic carbocycles. The lowest BCUT2D eigenvalue weighted by Crippen LogP contribution is -2.40. The Kier molecular flexibility index (Phi) is 6.45. The summed E-state index contributed by atoms with van der Waals surface area (Å²) < 4.78 is 15.4. The number of amides is 2. The van der Waals surface area contributed by atoms with Gasteiger partial charge in [-0.3, -0.25) is 9.59 Å². The molecule has 0 saturated heterocycles. The minimum atomic E-state index is -1.07. The van der Waals surface area contributed by atoms with Crippen LogP contribution in [0.2, 0.25) is 5.02 Å². The number of nitrogens with two attached hydrogens (primary N) is 1. The van der Waals surface area contributed by atoms with Crippen LogP contribution < -0.4 is 5.73 Å². The Morgan fingerprint density at radius 1 is 1.19 bits per heavy atom. The van der Waals surface area contributed by atoms with E-state index in [2.05, 4.69) is 5.10 Å². The lowest BCUT2D eigenvalue weighted by Gasteiger charge is -2.26. The van der Waals surface area contributed by atoms with E-state index in [1.54, 1.807) is 10.7 Å². The van der Waals surface area contributed by atoms with Gasteiger partial charge in [-0.25, -0.2) is 9.07 Å². The molecule has 31 heavy (non-hydrogen) atoms. The van der Waals surface area contributed by atoms with Crippen LogP contribution in [0.5, 0.6) is 0 Å². The van der Waals surface area contributed by atoms with Gasteiger partial charge in [0.25, 0.3) is 0 Å². The highest BCUT2D eigenvalue weighted by Crippen LogP contribution is 2.25. The van der Waals surface area contributed by atoms with Crippen molar-refractivity contribution in [3.63, 3.8) is 0 Å². The van der Waals surface area contributed by atoms with Gasteiger partial charge in [0.15, 0.2) is 0 Å². The van der Waals surface area contributed by atoms with Gasteiger partial charge in [0, 0.05) is 23.3 Å². The van der Waals surface area contributed by atoms with Gasteiger partial charge in [-0.2, -0.15) is 5.10 Å². The van der Waals surface area contributed by atoms with E-state index in [-0.39, 0.29) is 12.3 Å². The predicted molar refractivity (Wildman–Crippen MR) is 118 cm³/mol. The summed E-state index contributed by atoms with van der Waals surface area (Å²) in [5.41, 5.74) is 9.83. The largest absolute Gasteiger partial charge is 0.368 e. The summed E-state index contributed by atoms with van der Waals surface area (Å²) in [6.07, 6.45) is 0.0207.